The van der Waals surface area contributed by atoms with Crippen molar-refractivity contribution in [2.45, 2.75) is 0 Å². The van der Waals surface area contributed by atoms with Gasteiger partial charge in [0.25, 0.3) is 11.8 Å². The minimum absolute atomic E-state index is 0.0399. The lowest BCUT2D eigenvalue weighted by molar-refractivity contribution is 0.0946. The number of carbonyl (C=O) groups is 2. The van der Waals surface area contributed by atoms with Gasteiger partial charge in [0.05, 0.1) is 0 Å². The molecule has 0 saturated carbocycles. The summed E-state index contributed by atoms with van der Waals surface area (Å²) in [6.07, 6.45) is 0. The zero-order valence-electron chi connectivity index (χ0n) is 12.3. The van der Waals surface area contributed by atoms with Crippen LogP contribution in [0.25, 0.3) is 11.0 Å². The number of nitrogens with two attached hydrogens (primary N) is 1. The molecule has 3 aromatic rings. The van der Waals surface area contributed by atoms with Crippen molar-refractivity contribution in [2.75, 3.05) is 0 Å². The van der Waals surface area contributed by atoms with Crippen molar-refractivity contribution in [1.29, 1.82) is 0 Å². The second-order valence-corrected chi connectivity index (χ2v) is 5.37. The van der Waals surface area contributed by atoms with Crippen LogP contribution in [-0.2, 0) is 0 Å². The van der Waals surface area contributed by atoms with Gasteiger partial charge in [-0.3, -0.25) is 9.59 Å². The van der Waals surface area contributed by atoms with Crippen LogP contribution in [0.3, 0.4) is 0 Å². The molecule has 0 fully saturated rings. The lowest BCUT2D eigenvalue weighted by atomic mass is 10.2. The van der Waals surface area contributed by atoms with E-state index in [0.717, 1.165) is 0 Å². The molecule has 1 aromatic heterocycles. The van der Waals surface area contributed by atoms with Crippen molar-refractivity contribution in [3.05, 3.63) is 76.3 Å². The lowest BCUT2D eigenvalue weighted by Gasteiger charge is -2.03. The lowest BCUT2D eigenvalue weighted by Crippen LogP contribution is -2.27. The zero-order chi connectivity index (χ0) is 17.1. The summed E-state index contributed by atoms with van der Waals surface area (Å²) in [5.41, 5.74) is 8.54. The summed E-state index contributed by atoms with van der Waals surface area (Å²) in [6, 6.07) is 15.0. The van der Waals surface area contributed by atoms with Crippen molar-refractivity contribution in [3.63, 3.8) is 0 Å². The van der Waals surface area contributed by atoms with Crippen LogP contribution in [0.4, 0.5) is 0 Å². The third-order valence-electron chi connectivity index (χ3n) is 3.27. The number of amides is 2. The van der Waals surface area contributed by atoms with Crippen LogP contribution in [0.5, 0.6) is 0 Å². The topological polar surface area (TPSA) is 97.7 Å². The second-order valence-electron chi connectivity index (χ2n) is 4.93. The molecule has 0 bridgehead atoms. The van der Waals surface area contributed by atoms with E-state index in [9.17, 15) is 9.59 Å². The van der Waals surface area contributed by atoms with Crippen molar-refractivity contribution >= 4 is 34.4 Å². The fourth-order valence-corrected chi connectivity index (χ4v) is 2.30. The van der Waals surface area contributed by atoms with Crippen LogP contribution in [0.15, 0.2) is 64.1 Å². The number of hydrogen-bond acceptors (Lipinski definition) is 4. The van der Waals surface area contributed by atoms with E-state index in [1.54, 1.807) is 48.5 Å². The molecule has 0 saturated heterocycles. The predicted octanol–water partition coefficient (Wildman–Crippen LogP) is 2.43. The van der Waals surface area contributed by atoms with E-state index in [1.165, 1.54) is 6.07 Å². The van der Waals surface area contributed by atoms with Crippen molar-refractivity contribution < 1.29 is 14.0 Å². The van der Waals surface area contributed by atoms with Gasteiger partial charge < -0.3 is 10.2 Å². The molecular formula is C17H12ClN3O3. The van der Waals surface area contributed by atoms with Crippen LogP contribution in [0, 0.1) is 0 Å². The van der Waals surface area contributed by atoms with Crippen LogP contribution < -0.4 is 16.7 Å². The highest BCUT2D eigenvalue weighted by atomic mass is 35.5. The number of rotatable bonds is 3. The predicted molar refractivity (Wildman–Crippen MR) is 89.2 cm³/mol. The molecule has 1 heterocycles. The van der Waals surface area contributed by atoms with Gasteiger partial charge in [-0.25, -0.2) is 5.43 Å². The Morgan fingerprint density at radius 2 is 1.83 bits per heavy atom. The summed E-state index contributed by atoms with van der Waals surface area (Å²) in [6.45, 7) is 0. The summed E-state index contributed by atoms with van der Waals surface area (Å²) in [7, 11) is 0. The van der Waals surface area contributed by atoms with Gasteiger partial charge in [-0.2, -0.15) is 0 Å². The van der Waals surface area contributed by atoms with E-state index in [0.29, 0.717) is 21.6 Å². The first-order valence-electron chi connectivity index (χ1n) is 6.97. The van der Waals surface area contributed by atoms with Gasteiger partial charge in [-0.05, 0) is 36.4 Å². The minimum Gasteiger partial charge on any atom is -0.436 e. The van der Waals surface area contributed by atoms with Gasteiger partial charge in [0, 0.05) is 16.0 Å². The quantitative estimate of drug-likeness (QED) is 0.716. The number of halogens is 1. The standard InChI is InChI=1S/C17H12ClN3O3/c18-12-6-7-14-11(8-12)9-13(15(19)22)17(24-14)21-20-16(23)10-4-2-1-3-5-10/h1-9H,(H2,19,22)(H,20,23)/b21-17-. The molecule has 7 heteroatoms. The Bertz CT molecular complexity index is 997. The third-order valence-corrected chi connectivity index (χ3v) is 3.50. The fraction of sp³-hybridized carbons (Fsp3) is 0. The largest absolute Gasteiger partial charge is 0.436 e. The van der Waals surface area contributed by atoms with Gasteiger partial charge in [0.2, 0.25) is 5.55 Å². The molecule has 0 spiro atoms. The fourth-order valence-electron chi connectivity index (χ4n) is 2.12. The summed E-state index contributed by atoms with van der Waals surface area (Å²) >= 11 is 5.92. The van der Waals surface area contributed by atoms with Crippen LogP contribution >= 0.6 is 11.6 Å². The van der Waals surface area contributed by atoms with Crippen molar-refractivity contribution in [2.24, 2.45) is 10.8 Å². The summed E-state index contributed by atoms with van der Waals surface area (Å²) in [4.78, 5) is 23.6. The first-order valence-corrected chi connectivity index (χ1v) is 7.35. The first-order chi connectivity index (χ1) is 11.5. The molecule has 24 heavy (non-hydrogen) atoms. The summed E-state index contributed by atoms with van der Waals surface area (Å²) in [5, 5.41) is 4.97. The molecule has 6 nitrogen and oxygen atoms in total. The molecule has 3 N–H and O–H groups in total. The zero-order valence-corrected chi connectivity index (χ0v) is 13.1. The highest BCUT2D eigenvalue weighted by Gasteiger charge is 2.10. The maximum absolute atomic E-state index is 12.0. The number of nitrogens with zero attached hydrogens (tertiary/aromatic N) is 1. The molecule has 0 aliphatic rings. The Balaban J connectivity index is 2.04. The van der Waals surface area contributed by atoms with Gasteiger partial charge in [0.15, 0.2) is 0 Å². The van der Waals surface area contributed by atoms with E-state index < -0.39 is 11.8 Å². The molecule has 0 unspecified atom stereocenters. The Kier molecular flexibility index (Phi) is 4.31. The van der Waals surface area contributed by atoms with Gasteiger partial charge in [-0.15, -0.1) is 5.10 Å². The number of primary amides is 1. The molecule has 0 radical (unpaired) electrons. The number of nitrogens with one attached hydrogen (secondary N) is 1. The normalized spacial score (nSPS) is 11.5. The third kappa shape index (κ3) is 3.28. The molecule has 2 amide bonds. The molecule has 120 valence electrons. The highest BCUT2D eigenvalue weighted by molar-refractivity contribution is 6.31. The van der Waals surface area contributed by atoms with E-state index in [1.807, 2.05) is 0 Å². The first kappa shape index (κ1) is 15.8. The summed E-state index contributed by atoms with van der Waals surface area (Å²) < 4.78 is 5.55. The van der Waals surface area contributed by atoms with Crippen molar-refractivity contribution in [3.8, 4) is 0 Å². The van der Waals surface area contributed by atoms with Gasteiger partial charge >= 0.3 is 0 Å². The van der Waals surface area contributed by atoms with Crippen LogP contribution in [-0.4, -0.2) is 11.8 Å². The Hall–Kier alpha value is -3.12. The SMILES string of the molecule is NC(=O)c1cc2cc(Cl)ccc2o/c1=N\NC(=O)c1ccccc1. The van der Waals surface area contributed by atoms with E-state index in [4.69, 9.17) is 21.8 Å². The molecular weight excluding hydrogens is 330 g/mol. The van der Waals surface area contributed by atoms with E-state index >= 15 is 0 Å². The number of fused-ring (bicyclic) bond motifs is 1. The van der Waals surface area contributed by atoms with Gasteiger partial charge in [-0.1, -0.05) is 29.8 Å². The Morgan fingerprint density at radius 1 is 1.08 bits per heavy atom. The molecule has 0 atom stereocenters. The average molecular weight is 342 g/mol. The number of benzene rings is 2. The molecule has 0 aliphatic carbocycles. The van der Waals surface area contributed by atoms with Gasteiger partial charge in [0.1, 0.15) is 11.1 Å². The molecule has 2 aromatic carbocycles. The maximum Gasteiger partial charge on any atom is 0.271 e. The molecule has 0 aliphatic heterocycles. The Morgan fingerprint density at radius 3 is 2.54 bits per heavy atom. The van der Waals surface area contributed by atoms with Crippen LogP contribution in [0.1, 0.15) is 20.7 Å². The monoisotopic (exact) mass is 341 g/mol. The van der Waals surface area contributed by atoms with E-state index in [-0.39, 0.29) is 11.1 Å². The minimum atomic E-state index is -0.728. The highest BCUT2D eigenvalue weighted by Crippen LogP contribution is 2.18. The average Bonchev–Trinajstić information content (AvgIpc) is 2.59. The molecule has 3 rings (SSSR count). The van der Waals surface area contributed by atoms with Crippen LogP contribution in [0.2, 0.25) is 5.02 Å². The van der Waals surface area contributed by atoms with Crippen molar-refractivity contribution in [1.82, 2.24) is 5.43 Å². The van der Waals surface area contributed by atoms with E-state index in [2.05, 4.69) is 10.5 Å². The smallest absolute Gasteiger partial charge is 0.271 e. The number of carbonyl (C=O) groups excluding carboxylic acids is 2. The second kappa shape index (κ2) is 6.55. The maximum atomic E-state index is 12.0. The Labute approximate surface area is 141 Å². The summed E-state index contributed by atoms with van der Waals surface area (Å²) in [5.74, 6) is -1.16. The number of hydrogen-bond donors (Lipinski definition) is 2.